The number of halogens is 1. The van der Waals surface area contributed by atoms with E-state index in [1.807, 2.05) is 0 Å². The van der Waals surface area contributed by atoms with E-state index in [1.54, 1.807) is 36.4 Å². The van der Waals surface area contributed by atoms with Crippen LogP contribution in [-0.4, -0.2) is 45.2 Å². The Balaban J connectivity index is 2.05. The molecule has 1 N–H and O–H groups in total. The van der Waals surface area contributed by atoms with Gasteiger partial charge in [0, 0.05) is 5.69 Å². The summed E-state index contributed by atoms with van der Waals surface area (Å²) >= 11 is 0. The molecule has 1 aliphatic rings. The summed E-state index contributed by atoms with van der Waals surface area (Å²) in [6.45, 7) is 0. The number of ether oxygens (including phenoxy) is 4. The van der Waals surface area contributed by atoms with Gasteiger partial charge in [0.25, 0.3) is 11.7 Å². The molecule has 1 saturated heterocycles. The second-order valence-corrected chi connectivity index (χ2v) is 7.81. The van der Waals surface area contributed by atoms with Crippen LogP contribution in [0.2, 0.25) is 0 Å². The summed E-state index contributed by atoms with van der Waals surface area (Å²) in [6, 6.07) is 13.8. The number of Topliss-reactive ketones (excluding diaryl/α,β-unsaturated/α-hetero) is 1. The van der Waals surface area contributed by atoms with Crippen LogP contribution >= 0.6 is 0 Å². The molecule has 3 aromatic rings. The first-order chi connectivity index (χ1) is 17.4. The molecule has 9 heteroatoms. The molecule has 4 rings (SSSR count). The maximum Gasteiger partial charge on any atom is 0.300 e. The van der Waals surface area contributed by atoms with E-state index in [-0.39, 0.29) is 28.3 Å². The Kier molecular flexibility index (Phi) is 6.82. The Bertz CT molecular complexity index is 1340. The van der Waals surface area contributed by atoms with Crippen molar-refractivity contribution < 1.29 is 38.0 Å². The Hall–Kier alpha value is -4.53. The van der Waals surface area contributed by atoms with Crippen LogP contribution in [0.5, 0.6) is 23.0 Å². The summed E-state index contributed by atoms with van der Waals surface area (Å²) < 4.78 is 35.8. The molecular formula is C27H24FNO7. The minimum Gasteiger partial charge on any atom is -0.507 e. The average molecular weight is 493 g/mol. The number of para-hydroxylation sites is 1. The number of ketones is 1. The summed E-state index contributed by atoms with van der Waals surface area (Å²) in [6.07, 6.45) is 0. The van der Waals surface area contributed by atoms with Crippen molar-refractivity contribution in [1.29, 1.82) is 0 Å². The minimum absolute atomic E-state index is 0.134. The van der Waals surface area contributed by atoms with Gasteiger partial charge in [0.2, 0.25) is 5.75 Å². The fourth-order valence-electron chi connectivity index (χ4n) is 4.28. The van der Waals surface area contributed by atoms with Gasteiger partial charge in [0.1, 0.15) is 17.3 Å². The third-order valence-corrected chi connectivity index (χ3v) is 5.90. The number of anilines is 1. The number of amides is 1. The predicted molar refractivity (Wildman–Crippen MR) is 130 cm³/mol. The summed E-state index contributed by atoms with van der Waals surface area (Å²) in [4.78, 5) is 27.8. The predicted octanol–water partition coefficient (Wildman–Crippen LogP) is 4.49. The van der Waals surface area contributed by atoms with Crippen molar-refractivity contribution in [2.45, 2.75) is 6.04 Å². The molecule has 0 radical (unpaired) electrons. The van der Waals surface area contributed by atoms with E-state index in [4.69, 9.17) is 18.9 Å². The van der Waals surface area contributed by atoms with E-state index < -0.39 is 29.3 Å². The maximum atomic E-state index is 14.2. The van der Waals surface area contributed by atoms with Crippen molar-refractivity contribution in [2.75, 3.05) is 33.3 Å². The van der Waals surface area contributed by atoms with E-state index in [9.17, 15) is 19.1 Å². The normalized spacial score (nSPS) is 16.7. The lowest BCUT2D eigenvalue weighted by atomic mass is 9.94. The number of hydrogen-bond acceptors (Lipinski definition) is 7. The molecule has 36 heavy (non-hydrogen) atoms. The largest absolute Gasteiger partial charge is 0.507 e. The van der Waals surface area contributed by atoms with Gasteiger partial charge < -0.3 is 24.1 Å². The molecule has 1 unspecified atom stereocenters. The number of aliphatic hydroxyl groups excluding tert-OH is 1. The number of carbonyl (C=O) groups is 2. The molecule has 1 aliphatic heterocycles. The second-order valence-electron chi connectivity index (χ2n) is 7.81. The Labute approximate surface area is 207 Å². The van der Waals surface area contributed by atoms with Gasteiger partial charge in [-0.25, -0.2) is 4.39 Å². The Morgan fingerprint density at radius 2 is 1.47 bits per heavy atom. The lowest BCUT2D eigenvalue weighted by Gasteiger charge is -2.26. The van der Waals surface area contributed by atoms with Gasteiger partial charge in [-0.1, -0.05) is 18.2 Å². The maximum absolute atomic E-state index is 14.2. The highest BCUT2D eigenvalue weighted by atomic mass is 19.1. The van der Waals surface area contributed by atoms with Crippen LogP contribution in [0.4, 0.5) is 10.1 Å². The monoisotopic (exact) mass is 493 g/mol. The molecule has 1 amide bonds. The summed E-state index contributed by atoms with van der Waals surface area (Å²) in [5, 5.41) is 11.4. The molecule has 0 aliphatic carbocycles. The van der Waals surface area contributed by atoms with Crippen molar-refractivity contribution in [3.05, 3.63) is 83.2 Å². The number of rotatable bonds is 7. The van der Waals surface area contributed by atoms with Crippen LogP contribution in [0.3, 0.4) is 0 Å². The highest BCUT2D eigenvalue weighted by Gasteiger charge is 2.47. The van der Waals surface area contributed by atoms with E-state index >= 15 is 0 Å². The van der Waals surface area contributed by atoms with Crippen molar-refractivity contribution in [2.24, 2.45) is 0 Å². The topological polar surface area (TPSA) is 94.5 Å². The molecule has 1 atom stereocenters. The van der Waals surface area contributed by atoms with Crippen LogP contribution in [0, 0.1) is 5.82 Å². The number of nitrogens with zero attached hydrogens (tertiary/aromatic N) is 1. The highest BCUT2D eigenvalue weighted by Crippen LogP contribution is 2.47. The van der Waals surface area contributed by atoms with E-state index in [0.717, 1.165) is 11.0 Å². The first-order valence-corrected chi connectivity index (χ1v) is 10.9. The molecule has 8 nitrogen and oxygen atoms in total. The molecule has 1 heterocycles. The van der Waals surface area contributed by atoms with Crippen molar-refractivity contribution in [3.63, 3.8) is 0 Å². The van der Waals surface area contributed by atoms with Gasteiger partial charge in [-0.05, 0) is 48.0 Å². The van der Waals surface area contributed by atoms with Gasteiger partial charge in [0.05, 0.1) is 45.6 Å². The SMILES string of the molecule is COc1ccccc1/C(O)=C1\C(=O)C(=O)N(c2cccc(F)c2)C1c1cc(OC)c(OC)c(OC)c1. The van der Waals surface area contributed by atoms with Gasteiger partial charge in [-0.15, -0.1) is 0 Å². The number of methoxy groups -OCH3 is 4. The highest BCUT2D eigenvalue weighted by molar-refractivity contribution is 6.51. The summed E-state index contributed by atoms with van der Waals surface area (Å²) in [5.74, 6) is -1.77. The Morgan fingerprint density at radius 1 is 0.833 bits per heavy atom. The molecule has 0 saturated carbocycles. The number of benzene rings is 3. The van der Waals surface area contributed by atoms with E-state index in [0.29, 0.717) is 17.1 Å². The number of aliphatic hydroxyl groups is 1. The minimum atomic E-state index is -1.15. The third-order valence-electron chi connectivity index (χ3n) is 5.90. The molecule has 0 spiro atoms. The van der Waals surface area contributed by atoms with Crippen molar-refractivity contribution in [3.8, 4) is 23.0 Å². The van der Waals surface area contributed by atoms with Gasteiger partial charge in [0.15, 0.2) is 11.5 Å². The van der Waals surface area contributed by atoms with Crippen LogP contribution in [-0.2, 0) is 9.59 Å². The van der Waals surface area contributed by atoms with Crippen LogP contribution < -0.4 is 23.8 Å². The molecule has 186 valence electrons. The first kappa shape index (κ1) is 24.6. The van der Waals surface area contributed by atoms with Crippen LogP contribution in [0.15, 0.2) is 66.2 Å². The van der Waals surface area contributed by atoms with Crippen LogP contribution in [0.1, 0.15) is 17.2 Å². The number of hydrogen-bond donors (Lipinski definition) is 1. The quantitative estimate of drug-likeness (QED) is 0.295. The number of carbonyl (C=O) groups excluding carboxylic acids is 2. The summed E-state index contributed by atoms with van der Waals surface area (Å²) in [7, 11) is 5.73. The average Bonchev–Trinajstić information content (AvgIpc) is 3.17. The van der Waals surface area contributed by atoms with Gasteiger partial charge >= 0.3 is 0 Å². The molecular weight excluding hydrogens is 469 g/mol. The first-order valence-electron chi connectivity index (χ1n) is 10.9. The fraction of sp³-hybridized carbons (Fsp3) is 0.185. The van der Waals surface area contributed by atoms with E-state index in [2.05, 4.69) is 0 Å². The molecule has 3 aromatic carbocycles. The standard InChI is InChI=1S/C27H24FNO7/c1-33-19-11-6-5-10-18(19)24(30)22-23(15-12-20(34-2)26(36-4)21(13-15)35-3)29(27(32)25(22)31)17-9-7-8-16(28)14-17/h5-14,23,30H,1-4H3/b24-22+. The van der Waals surface area contributed by atoms with Crippen LogP contribution in [0.25, 0.3) is 5.76 Å². The molecule has 0 aromatic heterocycles. The zero-order valence-electron chi connectivity index (χ0n) is 20.1. The summed E-state index contributed by atoms with van der Waals surface area (Å²) in [5.41, 5.74) is 0.511. The Morgan fingerprint density at radius 3 is 2.06 bits per heavy atom. The lowest BCUT2D eigenvalue weighted by Crippen LogP contribution is -2.29. The molecule has 0 bridgehead atoms. The van der Waals surface area contributed by atoms with E-state index in [1.165, 1.54) is 46.6 Å². The lowest BCUT2D eigenvalue weighted by molar-refractivity contribution is -0.132. The van der Waals surface area contributed by atoms with Gasteiger partial charge in [-0.3, -0.25) is 14.5 Å². The van der Waals surface area contributed by atoms with Crippen molar-refractivity contribution >= 4 is 23.1 Å². The van der Waals surface area contributed by atoms with Gasteiger partial charge in [-0.2, -0.15) is 0 Å². The fourth-order valence-corrected chi connectivity index (χ4v) is 4.28. The zero-order chi connectivity index (χ0) is 26.0. The molecule has 1 fully saturated rings. The smallest absolute Gasteiger partial charge is 0.300 e. The third kappa shape index (κ3) is 4.08. The van der Waals surface area contributed by atoms with Crippen molar-refractivity contribution in [1.82, 2.24) is 0 Å². The second kappa shape index (κ2) is 9.99. The zero-order valence-corrected chi connectivity index (χ0v) is 20.1.